The van der Waals surface area contributed by atoms with Crippen LogP contribution in [0.5, 0.6) is 0 Å². The van der Waals surface area contributed by atoms with Crippen LogP contribution in [0.15, 0.2) is 0 Å². The van der Waals surface area contributed by atoms with Gasteiger partial charge in [0.05, 0.1) is 5.92 Å². The van der Waals surface area contributed by atoms with Gasteiger partial charge in [-0.25, -0.2) is 0 Å². The van der Waals surface area contributed by atoms with Gasteiger partial charge in [-0.2, -0.15) is 0 Å². The molecule has 1 rings (SSSR count). The van der Waals surface area contributed by atoms with Crippen LogP contribution in [0, 0.1) is 5.92 Å². The van der Waals surface area contributed by atoms with Crippen molar-refractivity contribution in [1.82, 2.24) is 10.2 Å². The third-order valence-electron chi connectivity index (χ3n) is 5.20. The van der Waals surface area contributed by atoms with Crippen LogP contribution in [0.4, 0.5) is 0 Å². The molecule has 1 saturated heterocycles. The van der Waals surface area contributed by atoms with Gasteiger partial charge in [-0.05, 0) is 12.8 Å². The van der Waals surface area contributed by atoms with Crippen molar-refractivity contribution >= 4 is 11.8 Å². The van der Waals surface area contributed by atoms with E-state index in [-0.39, 0.29) is 17.7 Å². The van der Waals surface area contributed by atoms with Crippen LogP contribution in [0.3, 0.4) is 0 Å². The van der Waals surface area contributed by atoms with Crippen molar-refractivity contribution in [3.05, 3.63) is 0 Å². The average molecular weight is 413 g/mol. The molecule has 1 fully saturated rings. The molecule has 0 aromatic rings. The number of rotatable bonds is 15. The second-order valence-corrected chi connectivity index (χ2v) is 7.57. The summed E-state index contributed by atoms with van der Waals surface area (Å²) in [6.07, 6.45) is 15.3. The Bertz CT molecular complexity index is 372. The molecule has 4 heteroatoms. The molecule has 1 aliphatic heterocycles. The minimum absolute atomic E-state index is 0.0725. The van der Waals surface area contributed by atoms with Crippen molar-refractivity contribution in [3.8, 4) is 0 Å². The van der Waals surface area contributed by atoms with Crippen LogP contribution in [-0.4, -0.2) is 36.3 Å². The van der Waals surface area contributed by atoms with Gasteiger partial charge >= 0.3 is 0 Å². The number of nitrogens with zero attached hydrogens (tertiary/aromatic N) is 1. The number of amides is 2. The zero-order valence-electron chi connectivity index (χ0n) is 20.7. The largest absolute Gasteiger partial charge is 0.356 e. The van der Waals surface area contributed by atoms with E-state index in [9.17, 15) is 9.59 Å². The quantitative estimate of drug-likeness (QED) is 0.303. The van der Waals surface area contributed by atoms with Gasteiger partial charge in [0.15, 0.2) is 0 Å². The van der Waals surface area contributed by atoms with Gasteiger partial charge in [0.1, 0.15) is 0 Å². The zero-order chi connectivity index (χ0) is 22.3. The molecule has 0 aromatic heterocycles. The maximum atomic E-state index is 12.2. The number of likely N-dealkylation sites (tertiary alicyclic amines) is 1. The number of carbonyl (C=O) groups excluding carboxylic acids is 2. The van der Waals surface area contributed by atoms with Gasteiger partial charge in [-0.1, -0.05) is 106 Å². The van der Waals surface area contributed by atoms with Crippen LogP contribution in [0.2, 0.25) is 0 Å². The summed E-state index contributed by atoms with van der Waals surface area (Å²) >= 11 is 0. The number of hydrogen-bond acceptors (Lipinski definition) is 2. The first-order chi connectivity index (χ1) is 14.2. The van der Waals surface area contributed by atoms with Gasteiger partial charge in [0, 0.05) is 26.1 Å². The van der Waals surface area contributed by atoms with Crippen LogP contribution in [0.25, 0.3) is 0 Å². The summed E-state index contributed by atoms with van der Waals surface area (Å²) in [6, 6.07) is 0. The lowest BCUT2D eigenvalue weighted by molar-refractivity contribution is -0.129. The molecular formula is C25H52N2O2. The maximum absolute atomic E-state index is 12.2. The summed E-state index contributed by atoms with van der Waals surface area (Å²) in [5.74, 6) is 0.102. The summed E-state index contributed by atoms with van der Waals surface area (Å²) < 4.78 is 0. The summed E-state index contributed by atoms with van der Waals surface area (Å²) in [4.78, 5) is 26.2. The summed E-state index contributed by atoms with van der Waals surface area (Å²) in [5, 5.41) is 3.01. The van der Waals surface area contributed by atoms with Gasteiger partial charge in [-0.15, -0.1) is 0 Å². The molecule has 2 amide bonds. The Morgan fingerprint density at radius 3 is 1.86 bits per heavy atom. The van der Waals surface area contributed by atoms with E-state index < -0.39 is 0 Å². The SMILES string of the molecule is CC.CC.CCCCCCCCCCN1CC(C(=O)NCCCCCC)CC1=O. The number of nitrogens with one attached hydrogen (secondary N) is 1. The fourth-order valence-corrected chi connectivity index (χ4v) is 3.51. The third-order valence-corrected chi connectivity index (χ3v) is 5.20. The molecule has 0 spiro atoms. The monoisotopic (exact) mass is 412 g/mol. The van der Waals surface area contributed by atoms with Gasteiger partial charge in [0.25, 0.3) is 0 Å². The van der Waals surface area contributed by atoms with Crippen molar-refractivity contribution in [2.45, 2.75) is 125 Å². The number of unbranched alkanes of at least 4 members (excludes halogenated alkanes) is 10. The van der Waals surface area contributed by atoms with E-state index in [0.717, 1.165) is 25.9 Å². The van der Waals surface area contributed by atoms with Crippen molar-refractivity contribution < 1.29 is 9.59 Å². The average Bonchev–Trinajstić information content (AvgIpc) is 3.13. The first-order valence-electron chi connectivity index (χ1n) is 12.7. The van der Waals surface area contributed by atoms with Crippen LogP contribution in [-0.2, 0) is 9.59 Å². The molecule has 0 saturated carbocycles. The van der Waals surface area contributed by atoms with E-state index in [1.807, 2.05) is 32.6 Å². The topological polar surface area (TPSA) is 49.4 Å². The standard InChI is InChI=1S/C21H40N2O2.2C2H6/c1-3-5-7-9-10-11-12-14-16-23-18-19(17-20(23)24)21(25)22-15-13-8-6-4-2;2*1-2/h19H,3-18H2,1-2H3,(H,22,25);2*1-2H3. The first kappa shape index (κ1) is 30.1. The third kappa shape index (κ3) is 16.4. The molecule has 1 unspecified atom stereocenters. The van der Waals surface area contributed by atoms with Crippen molar-refractivity contribution in [1.29, 1.82) is 0 Å². The molecule has 1 N–H and O–H groups in total. The molecule has 1 atom stereocenters. The molecule has 1 aliphatic rings. The molecule has 0 radical (unpaired) electrons. The van der Waals surface area contributed by atoms with Crippen LogP contribution >= 0.6 is 0 Å². The molecule has 0 bridgehead atoms. The highest BCUT2D eigenvalue weighted by Crippen LogP contribution is 2.19. The predicted molar refractivity (Wildman–Crippen MR) is 127 cm³/mol. The van der Waals surface area contributed by atoms with Gasteiger partial charge in [-0.3, -0.25) is 9.59 Å². The van der Waals surface area contributed by atoms with Crippen molar-refractivity contribution in [2.75, 3.05) is 19.6 Å². The Balaban J connectivity index is 0. The maximum Gasteiger partial charge on any atom is 0.225 e. The Morgan fingerprint density at radius 2 is 1.31 bits per heavy atom. The van der Waals surface area contributed by atoms with E-state index in [4.69, 9.17) is 0 Å². The minimum atomic E-state index is -0.132. The van der Waals surface area contributed by atoms with Crippen LogP contribution < -0.4 is 5.32 Å². The van der Waals surface area contributed by atoms with Crippen molar-refractivity contribution in [2.24, 2.45) is 5.92 Å². The predicted octanol–water partition coefficient (Wildman–Crippen LogP) is 6.72. The second kappa shape index (κ2) is 23.2. The van der Waals surface area contributed by atoms with E-state index in [1.165, 1.54) is 64.2 Å². The summed E-state index contributed by atoms with van der Waals surface area (Å²) in [7, 11) is 0. The Kier molecular flexibility index (Phi) is 24.1. The minimum Gasteiger partial charge on any atom is -0.356 e. The van der Waals surface area contributed by atoms with E-state index in [2.05, 4.69) is 19.2 Å². The molecule has 4 nitrogen and oxygen atoms in total. The second-order valence-electron chi connectivity index (χ2n) is 7.57. The lowest BCUT2D eigenvalue weighted by Crippen LogP contribution is -2.33. The number of carbonyl (C=O) groups is 2. The normalized spacial score (nSPS) is 15.3. The lowest BCUT2D eigenvalue weighted by Gasteiger charge is -2.16. The smallest absolute Gasteiger partial charge is 0.225 e. The highest BCUT2D eigenvalue weighted by atomic mass is 16.2. The molecule has 1 heterocycles. The highest BCUT2D eigenvalue weighted by molar-refractivity contribution is 5.89. The summed E-state index contributed by atoms with van der Waals surface area (Å²) in [5.41, 5.74) is 0. The Hall–Kier alpha value is -1.06. The van der Waals surface area contributed by atoms with E-state index in [1.54, 1.807) is 0 Å². The van der Waals surface area contributed by atoms with Gasteiger partial charge in [0.2, 0.25) is 11.8 Å². The lowest BCUT2D eigenvalue weighted by atomic mass is 10.1. The fraction of sp³-hybridized carbons (Fsp3) is 0.920. The summed E-state index contributed by atoms with van der Waals surface area (Å²) in [6.45, 7) is 14.6. The van der Waals surface area contributed by atoms with E-state index >= 15 is 0 Å². The molecular weight excluding hydrogens is 360 g/mol. The fourth-order valence-electron chi connectivity index (χ4n) is 3.51. The first-order valence-corrected chi connectivity index (χ1v) is 12.7. The van der Waals surface area contributed by atoms with Crippen LogP contribution in [0.1, 0.15) is 125 Å². The highest BCUT2D eigenvalue weighted by Gasteiger charge is 2.33. The Morgan fingerprint density at radius 1 is 0.828 bits per heavy atom. The molecule has 174 valence electrons. The molecule has 0 aliphatic carbocycles. The molecule has 0 aromatic carbocycles. The van der Waals surface area contributed by atoms with E-state index in [0.29, 0.717) is 13.0 Å². The zero-order valence-corrected chi connectivity index (χ0v) is 20.7. The Labute approximate surface area is 182 Å². The molecule has 29 heavy (non-hydrogen) atoms. The van der Waals surface area contributed by atoms with Gasteiger partial charge < -0.3 is 10.2 Å². The van der Waals surface area contributed by atoms with Crippen molar-refractivity contribution in [3.63, 3.8) is 0 Å². The number of hydrogen-bond donors (Lipinski definition) is 1.